The average Bonchev–Trinajstić information content (AvgIpc) is 2.94. The summed E-state index contributed by atoms with van der Waals surface area (Å²) in [7, 11) is 3.95. The summed E-state index contributed by atoms with van der Waals surface area (Å²) in [5.41, 5.74) is 0. The Labute approximate surface area is 130 Å². The topological polar surface area (TPSA) is 68.1 Å². The summed E-state index contributed by atoms with van der Waals surface area (Å²) in [6, 6.07) is 2.23. The molecule has 7 heteroatoms. The van der Waals surface area contributed by atoms with Crippen LogP contribution in [0.5, 0.6) is 0 Å². The smallest absolute Gasteiger partial charge is 0.227 e. The van der Waals surface area contributed by atoms with Crippen molar-refractivity contribution in [3.63, 3.8) is 0 Å². The third-order valence-electron chi connectivity index (χ3n) is 3.80. The maximum absolute atomic E-state index is 5.49. The van der Waals surface area contributed by atoms with Crippen LogP contribution in [0, 0.1) is 0 Å². The van der Waals surface area contributed by atoms with Gasteiger partial charge in [0.25, 0.3) is 0 Å². The molecule has 0 bridgehead atoms. The van der Waals surface area contributed by atoms with Gasteiger partial charge in [0.15, 0.2) is 0 Å². The molecule has 2 aromatic heterocycles. The first kappa shape index (κ1) is 14.8. The maximum Gasteiger partial charge on any atom is 0.227 e. The van der Waals surface area contributed by atoms with Crippen LogP contribution in [0.15, 0.2) is 24.7 Å². The number of rotatable bonds is 5. The molecule has 1 saturated heterocycles. The molecule has 0 amide bonds. The van der Waals surface area contributed by atoms with E-state index in [1.165, 1.54) is 0 Å². The van der Waals surface area contributed by atoms with Crippen LogP contribution in [0.1, 0.15) is 18.7 Å². The Morgan fingerprint density at radius 2 is 2.32 bits per heavy atom. The van der Waals surface area contributed by atoms with Crippen LogP contribution in [-0.2, 0) is 18.3 Å². The maximum atomic E-state index is 5.49. The molecule has 0 aromatic carbocycles. The number of hydrogen-bond acceptors (Lipinski definition) is 6. The molecule has 118 valence electrons. The third-order valence-corrected chi connectivity index (χ3v) is 3.80. The normalized spacial score (nSPS) is 18.2. The Balaban J connectivity index is 1.66. The molecular formula is C15H22N6O. The van der Waals surface area contributed by atoms with Gasteiger partial charge in [-0.25, -0.2) is 9.97 Å². The van der Waals surface area contributed by atoms with Gasteiger partial charge in [-0.3, -0.25) is 0 Å². The highest BCUT2D eigenvalue weighted by molar-refractivity contribution is 5.41. The van der Waals surface area contributed by atoms with Gasteiger partial charge >= 0.3 is 0 Å². The highest BCUT2D eigenvalue weighted by Crippen LogP contribution is 2.15. The lowest BCUT2D eigenvalue weighted by Crippen LogP contribution is -2.30. The number of aromatic nitrogens is 4. The number of nitrogens with one attached hydrogen (secondary N) is 1. The summed E-state index contributed by atoms with van der Waals surface area (Å²) in [6.07, 6.45) is 7.72. The fourth-order valence-electron chi connectivity index (χ4n) is 2.51. The van der Waals surface area contributed by atoms with Gasteiger partial charge in [-0.1, -0.05) is 0 Å². The first-order chi connectivity index (χ1) is 10.7. The van der Waals surface area contributed by atoms with Crippen LogP contribution in [0.3, 0.4) is 0 Å². The van der Waals surface area contributed by atoms with Gasteiger partial charge in [-0.05, 0) is 18.9 Å². The predicted molar refractivity (Wildman–Crippen MR) is 84.8 cm³/mol. The summed E-state index contributed by atoms with van der Waals surface area (Å²) in [6.45, 7) is 2.27. The molecule has 1 fully saturated rings. The van der Waals surface area contributed by atoms with Crippen LogP contribution >= 0.6 is 0 Å². The largest absolute Gasteiger partial charge is 0.379 e. The van der Waals surface area contributed by atoms with Gasteiger partial charge in [0.05, 0.1) is 19.2 Å². The minimum atomic E-state index is 0.330. The fourth-order valence-corrected chi connectivity index (χ4v) is 2.51. The Morgan fingerprint density at radius 1 is 1.41 bits per heavy atom. The summed E-state index contributed by atoms with van der Waals surface area (Å²) in [5, 5.41) is 3.42. The zero-order valence-electron chi connectivity index (χ0n) is 13.1. The molecule has 1 aliphatic heterocycles. The predicted octanol–water partition coefficient (Wildman–Crippen LogP) is 1.44. The van der Waals surface area contributed by atoms with E-state index in [1.54, 1.807) is 12.4 Å². The van der Waals surface area contributed by atoms with Crippen LogP contribution in [-0.4, -0.2) is 45.8 Å². The molecule has 0 aliphatic carbocycles. The van der Waals surface area contributed by atoms with Gasteiger partial charge in [-0.2, -0.15) is 4.98 Å². The summed E-state index contributed by atoms with van der Waals surface area (Å²) in [4.78, 5) is 15.3. The Hall–Kier alpha value is -2.15. The zero-order valence-corrected chi connectivity index (χ0v) is 13.1. The lowest BCUT2D eigenvalue weighted by atomic mass is 10.1. The lowest BCUT2D eigenvalue weighted by molar-refractivity contribution is 0.0875. The number of hydrogen-bond donors (Lipinski definition) is 1. The van der Waals surface area contributed by atoms with E-state index >= 15 is 0 Å². The number of aryl methyl sites for hydroxylation is 1. The molecule has 7 nitrogen and oxygen atoms in total. The SMILES string of the molecule is CN(Cc1nccn1C)c1nccc(N[C@H]2CCCOC2)n1. The first-order valence-electron chi connectivity index (χ1n) is 7.57. The van der Waals surface area contributed by atoms with Crippen molar-refractivity contribution in [3.8, 4) is 0 Å². The van der Waals surface area contributed by atoms with E-state index in [4.69, 9.17) is 4.74 Å². The van der Waals surface area contributed by atoms with Crippen molar-refractivity contribution in [2.75, 3.05) is 30.5 Å². The van der Waals surface area contributed by atoms with Gasteiger partial charge in [0, 0.05) is 39.3 Å². The summed E-state index contributed by atoms with van der Waals surface area (Å²) in [5.74, 6) is 2.50. The molecule has 0 saturated carbocycles. The van der Waals surface area contributed by atoms with Crippen LogP contribution in [0.25, 0.3) is 0 Å². The first-order valence-corrected chi connectivity index (χ1v) is 7.57. The second kappa shape index (κ2) is 6.74. The van der Waals surface area contributed by atoms with Crippen molar-refractivity contribution in [1.29, 1.82) is 0 Å². The molecule has 1 aliphatic rings. The molecule has 0 unspecified atom stereocenters. The van der Waals surface area contributed by atoms with Crippen molar-refractivity contribution in [2.45, 2.75) is 25.4 Å². The van der Waals surface area contributed by atoms with Crippen molar-refractivity contribution < 1.29 is 4.74 Å². The minimum Gasteiger partial charge on any atom is -0.379 e. The zero-order chi connectivity index (χ0) is 15.4. The average molecular weight is 302 g/mol. The molecule has 0 radical (unpaired) electrons. The Morgan fingerprint density at radius 3 is 3.05 bits per heavy atom. The summed E-state index contributed by atoms with van der Waals surface area (Å²) >= 11 is 0. The van der Waals surface area contributed by atoms with E-state index < -0.39 is 0 Å². The molecular weight excluding hydrogens is 280 g/mol. The van der Waals surface area contributed by atoms with Crippen molar-refractivity contribution in [1.82, 2.24) is 19.5 Å². The summed E-state index contributed by atoms with van der Waals surface area (Å²) < 4.78 is 7.49. The van der Waals surface area contributed by atoms with E-state index in [0.717, 1.165) is 37.7 Å². The van der Waals surface area contributed by atoms with E-state index in [0.29, 0.717) is 18.5 Å². The molecule has 3 heterocycles. The van der Waals surface area contributed by atoms with Crippen LogP contribution in [0.4, 0.5) is 11.8 Å². The number of nitrogens with zero attached hydrogens (tertiary/aromatic N) is 5. The van der Waals surface area contributed by atoms with Gasteiger partial charge in [0.1, 0.15) is 11.6 Å². The molecule has 0 spiro atoms. The lowest BCUT2D eigenvalue weighted by Gasteiger charge is -2.24. The molecule has 22 heavy (non-hydrogen) atoms. The number of anilines is 2. The van der Waals surface area contributed by atoms with Gasteiger partial charge in [0.2, 0.25) is 5.95 Å². The van der Waals surface area contributed by atoms with E-state index in [-0.39, 0.29) is 0 Å². The second-order valence-corrected chi connectivity index (χ2v) is 5.61. The second-order valence-electron chi connectivity index (χ2n) is 5.61. The number of ether oxygens (including phenoxy) is 1. The highest BCUT2D eigenvalue weighted by atomic mass is 16.5. The molecule has 3 rings (SSSR count). The van der Waals surface area contributed by atoms with Crippen molar-refractivity contribution >= 4 is 11.8 Å². The minimum absolute atomic E-state index is 0.330. The monoisotopic (exact) mass is 302 g/mol. The van der Waals surface area contributed by atoms with Crippen LogP contribution < -0.4 is 10.2 Å². The van der Waals surface area contributed by atoms with E-state index in [9.17, 15) is 0 Å². The molecule has 1 N–H and O–H groups in total. The molecule has 1 atom stereocenters. The number of imidazole rings is 1. The van der Waals surface area contributed by atoms with E-state index in [1.807, 2.05) is 35.8 Å². The fraction of sp³-hybridized carbons (Fsp3) is 0.533. The van der Waals surface area contributed by atoms with Crippen LogP contribution in [0.2, 0.25) is 0 Å². The Bertz CT molecular complexity index is 608. The Kier molecular flexibility index (Phi) is 4.53. The van der Waals surface area contributed by atoms with Gasteiger partial charge < -0.3 is 19.5 Å². The van der Waals surface area contributed by atoms with E-state index in [2.05, 4.69) is 20.3 Å². The van der Waals surface area contributed by atoms with Crippen molar-refractivity contribution in [3.05, 3.63) is 30.5 Å². The quantitative estimate of drug-likeness (QED) is 0.901. The standard InChI is InChI=1S/C15H22N6O/c1-20-8-7-16-14(20)10-21(2)15-17-6-5-13(19-15)18-12-4-3-9-22-11-12/h5-8,12H,3-4,9-11H2,1-2H3,(H,17,18,19)/t12-/m0/s1. The van der Waals surface area contributed by atoms with Gasteiger partial charge in [-0.15, -0.1) is 0 Å². The highest BCUT2D eigenvalue weighted by Gasteiger charge is 2.15. The van der Waals surface area contributed by atoms with Crippen molar-refractivity contribution in [2.24, 2.45) is 7.05 Å². The molecule has 2 aromatic rings. The third kappa shape index (κ3) is 3.54.